The predicted molar refractivity (Wildman–Crippen MR) is 128 cm³/mol. The summed E-state index contributed by atoms with van der Waals surface area (Å²) in [4.78, 5) is 43.6. The van der Waals surface area contributed by atoms with E-state index >= 15 is 0 Å². The highest BCUT2D eigenvalue weighted by atomic mass is 79.9. The molecule has 33 heavy (non-hydrogen) atoms. The fourth-order valence-corrected chi connectivity index (χ4v) is 6.21. The van der Waals surface area contributed by atoms with Gasteiger partial charge in [0.05, 0.1) is 11.4 Å². The third-order valence-electron chi connectivity index (χ3n) is 7.19. The van der Waals surface area contributed by atoms with Crippen LogP contribution >= 0.6 is 15.9 Å². The molecule has 0 aromatic heterocycles. The third kappa shape index (κ3) is 1.97. The van der Waals surface area contributed by atoms with E-state index in [2.05, 4.69) is 21.2 Å². The van der Waals surface area contributed by atoms with Crippen molar-refractivity contribution in [3.05, 3.63) is 110 Å². The first kappa shape index (κ1) is 18.8. The quantitative estimate of drug-likeness (QED) is 0.500. The van der Waals surface area contributed by atoms with Crippen LogP contribution in [-0.4, -0.2) is 24.5 Å². The van der Waals surface area contributed by atoms with Crippen LogP contribution in [0.1, 0.15) is 37.4 Å². The lowest BCUT2D eigenvalue weighted by atomic mass is 9.65. The third-order valence-corrected chi connectivity index (χ3v) is 7.68. The molecule has 0 radical (unpaired) electrons. The molecule has 2 heterocycles. The van der Waals surface area contributed by atoms with Crippen molar-refractivity contribution in [3.8, 4) is 0 Å². The van der Waals surface area contributed by atoms with Gasteiger partial charge in [0.25, 0.3) is 0 Å². The van der Waals surface area contributed by atoms with Crippen molar-refractivity contribution in [1.82, 2.24) is 5.32 Å². The van der Waals surface area contributed by atoms with Crippen LogP contribution in [0.15, 0.2) is 82.3 Å². The molecule has 4 aliphatic rings. The van der Waals surface area contributed by atoms with Crippen LogP contribution in [0.5, 0.6) is 0 Å². The Morgan fingerprint density at radius 3 is 1.82 bits per heavy atom. The number of Topliss-reactive ketones (excluding diaryl/α,β-unsaturated/α-hetero) is 2. The van der Waals surface area contributed by atoms with Gasteiger partial charge < -0.3 is 10.2 Å². The molecule has 3 aromatic carbocycles. The first-order chi connectivity index (χ1) is 16.0. The Balaban J connectivity index is 1.66. The van der Waals surface area contributed by atoms with Gasteiger partial charge in [-0.25, -0.2) is 0 Å². The molecule has 1 N–H and O–H groups in total. The molecule has 5 nitrogen and oxygen atoms in total. The fourth-order valence-electron chi connectivity index (χ4n) is 5.85. The maximum atomic E-state index is 14.2. The van der Waals surface area contributed by atoms with Gasteiger partial charge in [0.15, 0.2) is 11.6 Å². The lowest BCUT2D eigenvalue weighted by molar-refractivity contribution is -0.120. The number of dihydropyridines is 1. The zero-order valence-electron chi connectivity index (χ0n) is 17.4. The van der Waals surface area contributed by atoms with Crippen molar-refractivity contribution in [3.63, 3.8) is 0 Å². The first-order valence-corrected chi connectivity index (χ1v) is 11.4. The van der Waals surface area contributed by atoms with Gasteiger partial charge in [-0.1, -0.05) is 64.5 Å². The summed E-state index contributed by atoms with van der Waals surface area (Å²) >= 11 is 3.54. The first-order valence-electron chi connectivity index (χ1n) is 10.6. The SMILES string of the molecule is CN1C(=O)C2(C3=C(NC4=C2C(=O)c2ccccc24)c2ccccc2C3=O)c2cc(Br)ccc21. The fraction of sp³-hybridized carbons (Fsp3) is 0.0741. The number of hydrogen-bond acceptors (Lipinski definition) is 4. The van der Waals surface area contributed by atoms with Crippen molar-refractivity contribution in [2.75, 3.05) is 11.9 Å². The predicted octanol–water partition coefficient (Wildman–Crippen LogP) is 4.48. The normalized spacial score (nSPS) is 19.0. The molecule has 1 spiro atoms. The highest BCUT2D eigenvalue weighted by molar-refractivity contribution is 9.10. The highest BCUT2D eigenvalue weighted by Crippen LogP contribution is 2.60. The summed E-state index contributed by atoms with van der Waals surface area (Å²) in [6, 6.07) is 20.3. The summed E-state index contributed by atoms with van der Waals surface area (Å²) in [5, 5.41) is 3.42. The number of likely N-dealkylation sites (N-methyl/N-ethyl adjacent to an activating group) is 1. The van der Waals surface area contributed by atoms with Crippen LogP contribution < -0.4 is 10.2 Å². The Morgan fingerprint density at radius 2 is 1.27 bits per heavy atom. The van der Waals surface area contributed by atoms with Crippen LogP contribution in [0.2, 0.25) is 0 Å². The maximum Gasteiger partial charge on any atom is 0.246 e. The molecule has 0 fully saturated rings. The van der Waals surface area contributed by atoms with Crippen LogP contribution in [0, 0.1) is 0 Å². The van der Waals surface area contributed by atoms with E-state index < -0.39 is 5.41 Å². The molecule has 158 valence electrons. The van der Waals surface area contributed by atoms with Crippen LogP contribution in [0.25, 0.3) is 11.4 Å². The van der Waals surface area contributed by atoms with Gasteiger partial charge in [0.2, 0.25) is 5.91 Å². The minimum absolute atomic E-state index is 0.224. The van der Waals surface area contributed by atoms with E-state index in [1.807, 2.05) is 54.6 Å². The summed E-state index contributed by atoms with van der Waals surface area (Å²) in [6.45, 7) is 0. The minimum atomic E-state index is -1.52. The molecule has 3 aromatic rings. The van der Waals surface area contributed by atoms with E-state index in [9.17, 15) is 14.4 Å². The summed E-state index contributed by atoms with van der Waals surface area (Å²) in [5.74, 6) is -0.740. The molecular formula is C27H15BrN2O3. The minimum Gasteiger partial charge on any atom is -0.354 e. The number of halogens is 1. The molecule has 0 saturated heterocycles. The summed E-state index contributed by atoms with van der Waals surface area (Å²) in [6.07, 6.45) is 0. The number of amides is 1. The zero-order chi connectivity index (χ0) is 22.6. The van der Waals surface area contributed by atoms with Crippen molar-refractivity contribution >= 4 is 50.5 Å². The largest absolute Gasteiger partial charge is 0.354 e. The molecule has 0 bridgehead atoms. The second kappa shape index (κ2) is 5.97. The molecule has 0 saturated carbocycles. The van der Waals surface area contributed by atoms with E-state index in [1.165, 1.54) is 0 Å². The number of carbonyl (C=O) groups excluding carboxylic acids is 3. The van der Waals surface area contributed by atoms with Crippen LogP contribution in [0.3, 0.4) is 0 Å². The van der Waals surface area contributed by atoms with Gasteiger partial charge in [-0.3, -0.25) is 14.4 Å². The number of ketones is 2. The van der Waals surface area contributed by atoms with Gasteiger partial charge in [0.1, 0.15) is 5.41 Å². The topological polar surface area (TPSA) is 66.5 Å². The molecular weight excluding hydrogens is 480 g/mol. The van der Waals surface area contributed by atoms with Gasteiger partial charge in [-0.15, -0.1) is 0 Å². The average molecular weight is 495 g/mol. The van der Waals surface area contributed by atoms with Crippen LogP contribution in [0.4, 0.5) is 5.69 Å². The Morgan fingerprint density at radius 1 is 0.758 bits per heavy atom. The average Bonchev–Trinajstić information content (AvgIpc) is 3.36. The summed E-state index contributed by atoms with van der Waals surface area (Å²) < 4.78 is 0.775. The Labute approximate surface area is 197 Å². The maximum absolute atomic E-state index is 14.2. The number of benzene rings is 3. The molecule has 1 amide bonds. The molecule has 0 unspecified atom stereocenters. The summed E-state index contributed by atoms with van der Waals surface area (Å²) in [7, 11) is 1.70. The smallest absolute Gasteiger partial charge is 0.246 e. The number of nitrogens with one attached hydrogen (secondary N) is 1. The molecule has 0 atom stereocenters. The van der Waals surface area contributed by atoms with E-state index in [-0.39, 0.29) is 17.5 Å². The zero-order valence-corrected chi connectivity index (χ0v) is 19.0. The molecule has 2 aliphatic heterocycles. The van der Waals surface area contributed by atoms with E-state index in [4.69, 9.17) is 0 Å². The molecule has 6 heteroatoms. The van der Waals surface area contributed by atoms with Gasteiger partial charge in [-0.2, -0.15) is 0 Å². The lowest BCUT2D eigenvalue weighted by Gasteiger charge is -2.35. The van der Waals surface area contributed by atoms with E-state index in [0.29, 0.717) is 44.9 Å². The number of fused-ring (bicyclic) bond motifs is 8. The van der Waals surface area contributed by atoms with Crippen LogP contribution in [-0.2, 0) is 10.2 Å². The molecule has 2 aliphatic carbocycles. The Bertz CT molecular complexity index is 1500. The highest BCUT2D eigenvalue weighted by Gasteiger charge is 2.64. The van der Waals surface area contributed by atoms with Gasteiger partial charge >= 0.3 is 0 Å². The summed E-state index contributed by atoms with van der Waals surface area (Å²) in [5.41, 5.74) is 4.26. The molecule has 7 rings (SSSR count). The number of nitrogens with zero attached hydrogens (tertiary/aromatic N) is 1. The lowest BCUT2D eigenvalue weighted by Crippen LogP contribution is -2.48. The van der Waals surface area contributed by atoms with Gasteiger partial charge in [0, 0.05) is 56.2 Å². The standard InChI is InChI=1S/C27H15BrN2O3/c1-30-19-11-10-13(28)12-18(19)27(26(30)33)20-22(14-6-2-4-8-16(14)24(20)31)29-23-15-7-3-5-9-17(15)25(32)21(23)27/h2-12,29H,1H3. The Kier molecular flexibility index (Phi) is 3.39. The van der Waals surface area contributed by atoms with E-state index in [0.717, 1.165) is 15.6 Å². The second-order valence-electron chi connectivity index (χ2n) is 8.65. The van der Waals surface area contributed by atoms with Crippen molar-refractivity contribution in [1.29, 1.82) is 0 Å². The second-order valence-corrected chi connectivity index (χ2v) is 9.57. The van der Waals surface area contributed by atoms with Crippen molar-refractivity contribution in [2.45, 2.75) is 5.41 Å². The number of anilines is 1. The van der Waals surface area contributed by atoms with Gasteiger partial charge in [-0.05, 0) is 18.2 Å². The number of rotatable bonds is 0. The number of hydrogen-bond donors (Lipinski definition) is 1. The Hall–Kier alpha value is -3.77. The number of carbonyl (C=O) groups is 3. The van der Waals surface area contributed by atoms with Crippen molar-refractivity contribution < 1.29 is 14.4 Å². The van der Waals surface area contributed by atoms with Crippen molar-refractivity contribution in [2.24, 2.45) is 0 Å². The van der Waals surface area contributed by atoms with E-state index in [1.54, 1.807) is 24.1 Å². The monoisotopic (exact) mass is 494 g/mol.